The van der Waals surface area contributed by atoms with Crippen molar-refractivity contribution in [2.24, 2.45) is 0 Å². The predicted molar refractivity (Wildman–Crippen MR) is 72.8 cm³/mol. The molecule has 2 aromatic rings. The van der Waals surface area contributed by atoms with E-state index in [0.29, 0.717) is 0 Å². The van der Waals surface area contributed by atoms with Gasteiger partial charge in [-0.1, -0.05) is 0 Å². The average Bonchev–Trinajstić information content (AvgIpc) is 2.41. The Bertz CT molecular complexity index is 725. The average molecular weight is 289 g/mol. The van der Waals surface area contributed by atoms with Gasteiger partial charge in [0.15, 0.2) is 11.5 Å². The van der Waals surface area contributed by atoms with Gasteiger partial charge in [-0.15, -0.1) is 0 Å². The highest BCUT2D eigenvalue weighted by atomic mass is 16.4. The number of carbonyl (C=O) groups excluding carboxylic acids is 1. The molecular weight excluding hydrogens is 278 g/mol. The Hall–Kier alpha value is -3.22. The molecule has 0 aliphatic heterocycles. The van der Waals surface area contributed by atoms with Gasteiger partial charge in [0, 0.05) is 17.3 Å². The fraction of sp³-hybridized carbons (Fsp3) is 0. The van der Waals surface area contributed by atoms with Crippen LogP contribution in [0.15, 0.2) is 36.4 Å². The Morgan fingerprint density at radius 2 is 1.57 bits per heavy atom. The highest BCUT2D eigenvalue weighted by Gasteiger charge is 2.12. The second-order valence-electron chi connectivity index (χ2n) is 4.19. The number of hydrogen-bond acceptors (Lipinski definition) is 5. The first-order chi connectivity index (χ1) is 9.88. The fourth-order valence-electron chi connectivity index (χ4n) is 1.66. The Labute approximate surface area is 118 Å². The van der Waals surface area contributed by atoms with Crippen molar-refractivity contribution in [3.8, 4) is 17.2 Å². The Morgan fingerprint density at radius 1 is 0.857 bits per heavy atom. The van der Waals surface area contributed by atoms with E-state index in [9.17, 15) is 19.8 Å². The summed E-state index contributed by atoms with van der Waals surface area (Å²) >= 11 is 0. The lowest BCUT2D eigenvalue weighted by atomic mass is 10.1. The third-order valence-corrected chi connectivity index (χ3v) is 2.72. The van der Waals surface area contributed by atoms with Gasteiger partial charge in [0.25, 0.3) is 5.91 Å². The SMILES string of the molecule is O=C(Nc1ccc(C(=O)O)c(O)c1)c1ccc(O)c(O)c1. The van der Waals surface area contributed by atoms with Gasteiger partial charge in [0.1, 0.15) is 11.3 Å². The number of phenolic OH excluding ortho intramolecular Hbond substituents is 2. The van der Waals surface area contributed by atoms with Crippen molar-refractivity contribution in [3.05, 3.63) is 47.5 Å². The molecule has 7 nitrogen and oxygen atoms in total. The van der Waals surface area contributed by atoms with Crippen molar-refractivity contribution in [1.82, 2.24) is 0 Å². The topological polar surface area (TPSA) is 127 Å². The Balaban J connectivity index is 2.21. The van der Waals surface area contributed by atoms with Crippen molar-refractivity contribution in [2.75, 3.05) is 5.32 Å². The molecule has 0 spiro atoms. The van der Waals surface area contributed by atoms with Gasteiger partial charge < -0.3 is 25.7 Å². The molecule has 0 bridgehead atoms. The summed E-state index contributed by atoms with van der Waals surface area (Å²) in [6.45, 7) is 0. The summed E-state index contributed by atoms with van der Waals surface area (Å²) in [7, 11) is 0. The molecule has 0 aromatic heterocycles. The van der Waals surface area contributed by atoms with Crippen LogP contribution in [0, 0.1) is 0 Å². The summed E-state index contributed by atoms with van der Waals surface area (Å²) in [6, 6.07) is 7.12. The Kier molecular flexibility index (Phi) is 3.66. The molecule has 0 saturated heterocycles. The van der Waals surface area contributed by atoms with E-state index in [2.05, 4.69) is 5.32 Å². The lowest BCUT2D eigenvalue weighted by Crippen LogP contribution is -2.12. The Morgan fingerprint density at radius 3 is 2.14 bits per heavy atom. The molecule has 108 valence electrons. The minimum Gasteiger partial charge on any atom is -0.507 e. The number of aromatic carboxylic acids is 1. The molecule has 0 heterocycles. The molecule has 21 heavy (non-hydrogen) atoms. The van der Waals surface area contributed by atoms with Gasteiger partial charge in [-0.05, 0) is 30.3 Å². The zero-order valence-corrected chi connectivity index (χ0v) is 10.6. The van der Waals surface area contributed by atoms with E-state index in [1.165, 1.54) is 12.1 Å². The number of carboxylic acids is 1. The van der Waals surface area contributed by atoms with Gasteiger partial charge in [-0.3, -0.25) is 4.79 Å². The van der Waals surface area contributed by atoms with Crippen molar-refractivity contribution in [1.29, 1.82) is 0 Å². The van der Waals surface area contributed by atoms with Gasteiger partial charge in [-0.25, -0.2) is 4.79 Å². The number of amides is 1. The van der Waals surface area contributed by atoms with E-state index < -0.39 is 23.4 Å². The van der Waals surface area contributed by atoms with E-state index >= 15 is 0 Å². The van der Waals surface area contributed by atoms with Crippen molar-refractivity contribution < 1.29 is 30.0 Å². The standard InChI is InChI=1S/C14H11NO6/c16-10-4-1-7(5-12(10)18)13(19)15-8-2-3-9(14(20)21)11(17)6-8/h1-6,16-18H,(H,15,19)(H,20,21). The molecule has 0 atom stereocenters. The van der Waals surface area contributed by atoms with E-state index in [0.717, 1.165) is 24.3 Å². The zero-order valence-electron chi connectivity index (χ0n) is 10.6. The number of nitrogens with one attached hydrogen (secondary N) is 1. The molecule has 7 heteroatoms. The number of aromatic hydroxyl groups is 3. The summed E-state index contributed by atoms with van der Waals surface area (Å²) in [6.07, 6.45) is 0. The summed E-state index contributed by atoms with van der Waals surface area (Å²) in [5, 5.41) is 39.2. The monoisotopic (exact) mass is 289 g/mol. The number of carboxylic acid groups (broad SMARTS) is 1. The third-order valence-electron chi connectivity index (χ3n) is 2.72. The lowest BCUT2D eigenvalue weighted by Gasteiger charge is -2.08. The first-order valence-corrected chi connectivity index (χ1v) is 5.78. The molecule has 0 saturated carbocycles. The van der Waals surface area contributed by atoms with Crippen LogP contribution in [-0.4, -0.2) is 32.3 Å². The van der Waals surface area contributed by atoms with Gasteiger partial charge in [0.2, 0.25) is 0 Å². The molecular formula is C14H11NO6. The number of rotatable bonds is 3. The molecule has 2 rings (SSSR count). The highest BCUT2D eigenvalue weighted by molar-refractivity contribution is 6.05. The van der Waals surface area contributed by atoms with Crippen molar-refractivity contribution >= 4 is 17.6 Å². The second kappa shape index (κ2) is 5.41. The summed E-state index contributed by atoms with van der Waals surface area (Å²) in [4.78, 5) is 22.7. The molecule has 0 radical (unpaired) electrons. The maximum Gasteiger partial charge on any atom is 0.339 e. The molecule has 2 aromatic carbocycles. The lowest BCUT2D eigenvalue weighted by molar-refractivity contribution is 0.0693. The van der Waals surface area contributed by atoms with Crippen LogP contribution in [0.4, 0.5) is 5.69 Å². The highest BCUT2D eigenvalue weighted by Crippen LogP contribution is 2.26. The number of hydrogen-bond donors (Lipinski definition) is 5. The number of anilines is 1. The largest absolute Gasteiger partial charge is 0.507 e. The third kappa shape index (κ3) is 3.03. The van der Waals surface area contributed by atoms with E-state index in [4.69, 9.17) is 10.2 Å². The number of carbonyl (C=O) groups is 2. The van der Waals surface area contributed by atoms with Crippen LogP contribution in [0.1, 0.15) is 20.7 Å². The molecule has 0 aliphatic carbocycles. The number of phenols is 3. The summed E-state index contributed by atoms with van der Waals surface area (Å²) in [5.41, 5.74) is -0.00237. The summed E-state index contributed by atoms with van der Waals surface area (Å²) in [5.74, 6) is -3.14. The maximum absolute atomic E-state index is 11.9. The van der Waals surface area contributed by atoms with Crippen LogP contribution in [-0.2, 0) is 0 Å². The second-order valence-corrected chi connectivity index (χ2v) is 4.19. The van der Waals surface area contributed by atoms with Crippen LogP contribution in [0.2, 0.25) is 0 Å². The molecule has 0 unspecified atom stereocenters. The van der Waals surface area contributed by atoms with Crippen molar-refractivity contribution in [2.45, 2.75) is 0 Å². The number of benzene rings is 2. The zero-order chi connectivity index (χ0) is 15.6. The first kappa shape index (κ1) is 14.2. The molecule has 0 aliphatic rings. The molecule has 5 N–H and O–H groups in total. The first-order valence-electron chi connectivity index (χ1n) is 5.78. The van der Waals surface area contributed by atoms with Crippen LogP contribution in [0.5, 0.6) is 17.2 Å². The minimum atomic E-state index is -1.28. The maximum atomic E-state index is 11.9. The van der Waals surface area contributed by atoms with Crippen LogP contribution < -0.4 is 5.32 Å². The van der Waals surface area contributed by atoms with Crippen LogP contribution in [0.3, 0.4) is 0 Å². The van der Waals surface area contributed by atoms with Crippen LogP contribution in [0.25, 0.3) is 0 Å². The van der Waals surface area contributed by atoms with Crippen LogP contribution >= 0.6 is 0 Å². The molecule has 1 amide bonds. The van der Waals surface area contributed by atoms with Gasteiger partial charge in [-0.2, -0.15) is 0 Å². The van der Waals surface area contributed by atoms with Gasteiger partial charge >= 0.3 is 5.97 Å². The minimum absolute atomic E-state index is 0.0899. The summed E-state index contributed by atoms with van der Waals surface area (Å²) < 4.78 is 0. The normalized spacial score (nSPS) is 10.1. The van der Waals surface area contributed by atoms with E-state index in [1.54, 1.807) is 0 Å². The van der Waals surface area contributed by atoms with Gasteiger partial charge in [0.05, 0.1) is 0 Å². The fourth-order valence-corrected chi connectivity index (χ4v) is 1.66. The van der Waals surface area contributed by atoms with E-state index in [1.807, 2.05) is 0 Å². The van der Waals surface area contributed by atoms with E-state index in [-0.39, 0.29) is 22.6 Å². The smallest absolute Gasteiger partial charge is 0.339 e. The quantitative estimate of drug-likeness (QED) is 0.548. The van der Waals surface area contributed by atoms with Crippen molar-refractivity contribution in [3.63, 3.8) is 0 Å². The molecule has 0 fully saturated rings. The predicted octanol–water partition coefficient (Wildman–Crippen LogP) is 1.75.